The average Bonchev–Trinajstić information content (AvgIpc) is 2.83. The van der Waals surface area contributed by atoms with E-state index in [0.29, 0.717) is 5.56 Å². The topological polar surface area (TPSA) is 41.3 Å². The van der Waals surface area contributed by atoms with Gasteiger partial charge in [0, 0.05) is 20.2 Å². The van der Waals surface area contributed by atoms with E-state index >= 15 is 0 Å². The quantitative estimate of drug-likeness (QED) is 0.886. The van der Waals surface area contributed by atoms with Crippen LogP contribution in [-0.4, -0.2) is 29.0 Å². The summed E-state index contributed by atoms with van der Waals surface area (Å²) in [6, 6.07) is 4.61. The first-order chi connectivity index (χ1) is 9.74. The SMILES string of the molecule is CN(C)c1cc(C(F)(F)F)nn1-c1ccc(CO)cc1F. The third-order valence-corrected chi connectivity index (χ3v) is 2.86. The molecule has 0 saturated heterocycles. The molecule has 2 aromatic rings. The predicted molar refractivity (Wildman–Crippen MR) is 68.8 cm³/mol. The van der Waals surface area contributed by atoms with E-state index in [1.54, 1.807) is 0 Å². The van der Waals surface area contributed by atoms with Crippen LogP contribution < -0.4 is 4.90 Å². The Balaban J connectivity index is 2.60. The molecular formula is C13H13F4N3O. The largest absolute Gasteiger partial charge is 0.435 e. The molecule has 0 radical (unpaired) electrons. The fraction of sp³-hybridized carbons (Fsp3) is 0.308. The van der Waals surface area contributed by atoms with Gasteiger partial charge in [-0.05, 0) is 17.7 Å². The Kier molecular flexibility index (Phi) is 3.91. The van der Waals surface area contributed by atoms with Crippen molar-refractivity contribution in [2.45, 2.75) is 12.8 Å². The molecule has 0 bridgehead atoms. The first-order valence-electron chi connectivity index (χ1n) is 5.98. The summed E-state index contributed by atoms with van der Waals surface area (Å²) in [6.45, 7) is -0.357. The number of hydrogen-bond donors (Lipinski definition) is 1. The molecular weight excluding hydrogens is 290 g/mol. The monoisotopic (exact) mass is 303 g/mol. The first-order valence-corrected chi connectivity index (χ1v) is 5.98. The number of halogens is 4. The number of rotatable bonds is 3. The second-order valence-corrected chi connectivity index (χ2v) is 4.64. The van der Waals surface area contributed by atoms with Crippen LogP contribution >= 0.6 is 0 Å². The fourth-order valence-electron chi connectivity index (χ4n) is 1.83. The first kappa shape index (κ1) is 15.3. The molecule has 0 atom stereocenters. The second-order valence-electron chi connectivity index (χ2n) is 4.64. The van der Waals surface area contributed by atoms with Crippen molar-refractivity contribution < 1.29 is 22.7 Å². The molecule has 4 nitrogen and oxygen atoms in total. The molecule has 114 valence electrons. The third-order valence-electron chi connectivity index (χ3n) is 2.86. The molecule has 0 aliphatic rings. The standard InChI is InChI=1S/C13H13F4N3O/c1-19(2)12-6-11(13(15,16)17)18-20(12)10-4-3-8(7-21)5-9(10)14/h3-6,21H,7H2,1-2H3. The van der Waals surface area contributed by atoms with Gasteiger partial charge in [-0.3, -0.25) is 0 Å². The van der Waals surface area contributed by atoms with E-state index in [4.69, 9.17) is 5.11 Å². The number of anilines is 1. The van der Waals surface area contributed by atoms with Crippen LogP contribution in [0.1, 0.15) is 11.3 Å². The summed E-state index contributed by atoms with van der Waals surface area (Å²) in [5.41, 5.74) is -0.894. The van der Waals surface area contributed by atoms with Crippen LogP contribution in [0.2, 0.25) is 0 Å². The van der Waals surface area contributed by atoms with Crippen molar-refractivity contribution in [1.82, 2.24) is 9.78 Å². The highest BCUT2D eigenvalue weighted by atomic mass is 19.4. The zero-order valence-electron chi connectivity index (χ0n) is 11.3. The number of hydrogen-bond acceptors (Lipinski definition) is 3. The Hall–Kier alpha value is -2.09. The number of nitrogens with zero attached hydrogens (tertiary/aromatic N) is 3. The molecule has 0 aliphatic heterocycles. The van der Waals surface area contributed by atoms with Crippen LogP contribution in [0.25, 0.3) is 5.69 Å². The molecule has 1 aromatic heterocycles. The lowest BCUT2D eigenvalue weighted by atomic mass is 10.2. The fourth-order valence-corrected chi connectivity index (χ4v) is 1.83. The lowest BCUT2D eigenvalue weighted by molar-refractivity contribution is -0.141. The van der Waals surface area contributed by atoms with Crippen molar-refractivity contribution in [2.24, 2.45) is 0 Å². The van der Waals surface area contributed by atoms with Crippen LogP contribution in [0.5, 0.6) is 0 Å². The van der Waals surface area contributed by atoms with Crippen molar-refractivity contribution in [3.8, 4) is 5.69 Å². The molecule has 1 heterocycles. The van der Waals surface area contributed by atoms with Gasteiger partial charge in [-0.2, -0.15) is 18.3 Å². The minimum absolute atomic E-state index is 0.0953. The van der Waals surface area contributed by atoms with Crippen LogP contribution in [0.4, 0.5) is 23.4 Å². The lowest BCUT2D eigenvalue weighted by Gasteiger charge is -2.15. The summed E-state index contributed by atoms with van der Waals surface area (Å²) in [5, 5.41) is 12.4. The summed E-state index contributed by atoms with van der Waals surface area (Å²) < 4.78 is 53.2. The molecule has 0 unspecified atom stereocenters. The van der Waals surface area contributed by atoms with Crippen molar-refractivity contribution in [1.29, 1.82) is 0 Å². The van der Waals surface area contributed by atoms with Crippen LogP contribution in [0, 0.1) is 5.82 Å². The van der Waals surface area contributed by atoms with Crippen LogP contribution in [0.15, 0.2) is 24.3 Å². The molecule has 0 aliphatic carbocycles. The van der Waals surface area contributed by atoms with Crippen molar-refractivity contribution in [3.05, 3.63) is 41.3 Å². The third kappa shape index (κ3) is 2.99. The maximum atomic E-state index is 14.0. The predicted octanol–water partition coefficient (Wildman–Crippen LogP) is 2.59. The number of aromatic nitrogens is 2. The highest BCUT2D eigenvalue weighted by Crippen LogP contribution is 2.32. The Morgan fingerprint density at radius 3 is 2.38 bits per heavy atom. The van der Waals surface area contributed by atoms with E-state index in [2.05, 4.69) is 5.10 Å². The van der Waals surface area contributed by atoms with Gasteiger partial charge in [-0.15, -0.1) is 0 Å². The van der Waals surface area contributed by atoms with Gasteiger partial charge in [0.15, 0.2) is 5.69 Å². The number of benzene rings is 1. The molecule has 0 saturated carbocycles. The summed E-state index contributed by atoms with van der Waals surface area (Å²) in [6.07, 6.45) is -4.61. The van der Waals surface area contributed by atoms with Gasteiger partial charge >= 0.3 is 6.18 Å². The molecule has 1 N–H and O–H groups in total. The zero-order chi connectivity index (χ0) is 15.8. The highest BCUT2D eigenvalue weighted by molar-refractivity contribution is 5.49. The molecule has 21 heavy (non-hydrogen) atoms. The smallest absolute Gasteiger partial charge is 0.392 e. The summed E-state index contributed by atoms with van der Waals surface area (Å²) >= 11 is 0. The Bertz CT molecular complexity index is 649. The van der Waals surface area contributed by atoms with Crippen LogP contribution in [0.3, 0.4) is 0 Å². The van der Waals surface area contributed by atoms with Crippen molar-refractivity contribution in [3.63, 3.8) is 0 Å². The Morgan fingerprint density at radius 1 is 1.24 bits per heavy atom. The maximum Gasteiger partial charge on any atom is 0.435 e. The number of aliphatic hydroxyl groups is 1. The van der Waals surface area contributed by atoms with Crippen molar-refractivity contribution in [2.75, 3.05) is 19.0 Å². The van der Waals surface area contributed by atoms with Gasteiger partial charge < -0.3 is 10.0 Å². The van der Waals surface area contributed by atoms with E-state index in [9.17, 15) is 17.6 Å². The van der Waals surface area contributed by atoms with E-state index in [-0.39, 0.29) is 18.1 Å². The summed E-state index contributed by atoms with van der Waals surface area (Å²) in [7, 11) is 3.07. The van der Waals surface area contributed by atoms with Gasteiger partial charge in [-0.1, -0.05) is 6.07 Å². The van der Waals surface area contributed by atoms with E-state index in [0.717, 1.165) is 16.8 Å². The molecule has 1 aromatic carbocycles. The lowest BCUT2D eigenvalue weighted by Crippen LogP contribution is -2.15. The van der Waals surface area contributed by atoms with E-state index < -0.39 is 17.7 Å². The van der Waals surface area contributed by atoms with Gasteiger partial charge in [0.25, 0.3) is 0 Å². The van der Waals surface area contributed by atoms with Gasteiger partial charge in [-0.25, -0.2) is 9.07 Å². The second kappa shape index (κ2) is 5.36. The van der Waals surface area contributed by atoms with Crippen LogP contribution in [-0.2, 0) is 12.8 Å². The minimum Gasteiger partial charge on any atom is -0.392 e. The number of aliphatic hydroxyl groups excluding tert-OH is 1. The van der Waals surface area contributed by atoms with E-state index in [1.165, 1.54) is 31.1 Å². The summed E-state index contributed by atoms with van der Waals surface area (Å²) in [5.74, 6) is -0.667. The van der Waals surface area contributed by atoms with Gasteiger partial charge in [0.2, 0.25) is 0 Å². The minimum atomic E-state index is -4.61. The maximum absolute atomic E-state index is 14.0. The molecule has 0 spiro atoms. The normalized spacial score (nSPS) is 11.8. The molecule has 0 amide bonds. The van der Waals surface area contributed by atoms with E-state index in [1.807, 2.05) is 0 Å². The Labute approximate surface area is 118 Å². The summed E-state index contributed by atoms with van der Waals surface area (Å²) in [4.78, 5) is 1.40. The van der Waals surface area contributed by atoms with Gasteiger partial charge in [0.1, 0.15) is 17.3 Å². The van der Waals surface area contributed by atoms with Crippen molar-refractivity contribution >= 4 is 5.82 Å². The zero-order valence-corrected chi connectivity index (χ0v) is 11.3. The highest BCUT2D eigenvalue weighted by Gasteiger charge is 2.35. The molecule has 2 rings (SSSR count). The molecule has 0 fully saturated rings. The average molecular weight is 303 g/mol. The molecule has 8 heteroatoms. The Morgan fingerprint density at radius 2 is 1.90 bits per heavy atom. The van der Waals surface area contributed by atoms with Gasteiger partial charge in [0.05, 0.1) is 6.61 Å². The number of alkyl halides is 3.